The molecule has 2 nitrogen and oxygen atoms in total. The molecule has 0 radical (unpaired) electrons. The number of nitrogen functional groups attached to an aromatic ring is 1. The number of rotatable bonds is 8. The van der Waals surface area contributed by atoms with Gasteiger partial charge in [0.25, 0.3) is 0 Å². The molecule has 0 bridgehead atoms. The molecular formula is C21H28N2. The van der Waals surface area contributed by atoms with Crippen LogP contribution in [0.25, 0.3) is 6.08 Å². The average molecular weight is 308 g/mol. The lowest BCUT2D eigenvalue weighted by atomic mass is 9.99. The third kappa shape index (κ3) is 4.95. The third-order valence-electron chi connectivity index (χ3n) is 4.38. The Hall–Kier alpha value is -2.09. The van der Waals surface area contributed by atoms with Crippen molar-refractivity contribution in [3.8, 4) is 0 Å². The summed E-state index contributed by atoms with van der Waals surface area (Å²) in [4.78, 5) is 4.56. The second-order valence-corrected chi connectivity index (χ2v) is 6.18. The molecule has 23 heavy (non-hydrogen) atoms. The van der Waals surface area contributed by atoms with E-state index in [0.29, 0.717) is 5.82 Å². The average Bonchev–Trinajstić information content (AvgIpc) is 2.56. The summed E-state index contributed by atoms with van der Waals surface area (Å²) in [5.41, 5.74) is 12.2. The van der Waals surface area contributed by atoms with Crippen molar-refractivity contribution in [1.29, 1.82) is 0 Å². The SMILES string of the molecule is C=Cc1ccc(CCc2cc(CCCCC)c(N)nc2C)cc1. The van der Waals surface area contributed by atoms with E-state index in [0.717, 1.165) is 30.5 Å². The summed E-state index contributed by atoms with van der Waals surface area (Å²) in [5, 5.41) is 0. The van der Waals surface area contributed by atoms with Gasteiger partial charge >= 0.3 is 0 Å². The Morgan fingerprint density at radius 2 is 1.78 bits per heavy atom. The number of hydrogen-bond acceptors (Lipinski definition) is 2. The number of aryl methyl sites for hydroxylation is 4. The highest BCUT2D eigenvalue weighted by Gasteiger charge is 2.07. The molecule has 0 aliphatic carbocycles. The monoisotopic (exact) mass is 308 g/mol. The van der Waals surface area contributed by atoms with Crippen molar-refractivity contribution in [2.24, 2.45) is 0 Å². The first-order valence-electron chi connectivity index (χ1n) is 8.60. The highest BCUT2D eigenvalue weighted by Crippen LogP contribution is 2.19. The first-order chi connectivity index (χ1) is 11.1. The van der Waals surface area contributed by atoms with E-state index < -0.39 is 0 Å². The molecule has 0 atom stereocenters. The lowest BCUT2D eigenvalue weighted by Crippen LogP contribution is -2.04. The van der Waals surface area contributed by atoms with Crippen LogP contribution in [0.1, 0.15) is 54.1 Å². The van der Waals surface area contributed by atoms with Crippen LogP contribution >= 0.6 is 0 Å². The molecule has 0 unspecified atom stereocenters. The Balaban J connectivity index is 2.05. The van der Waals surface area contributed by atoms with Gasteiger partial charge in [0.2, 0.25) is 0 Å². The number of benzene rings is 1. The lowest BCUT2D eigenvalue weighted by Gasteiger charge is -2.11. The number of unbranched alkanes of at least 4 members (excludes halogenated alkanes) is 2. The summed E-state index contributed by atoms with van der Waals surface area (Å²) in [5.74, 6) is 0.706. The first-order valence-corrected chi connectivity index (χ1v) is 8.60. The topological polar surface area (TPSA) is 38.9 Å². The molecular weight excluding hydrogens is 280 g/mol. The van der Waals surface area contributed by atoms with Gasteiger partial charge in [-0.2, -0.15) is 0 Å². The summed E-state index contributed by atoms with van der Waals surface area (Å²) < 4.78 is 0. The predicted molar refractivity (Wildman–Crippen MR) is 101 cm³/mol. The largest absolute Gasteiger partial charge is 0.383 e. The minimum atomic E-state index is 0.706. The number of nitrogens with zero attached hydrogens (tertiary/aromatic N) is 1. The zero-order valence-corrected chi connectivity index (χ0v) is 14.4. The number of anilines is 1. The van der Waals surface area contributed by atoms with Crippen LogP contribution in [0.3, 0.4) is 0 Å². The summed E-state index contributed by atoms with van der Waals surface area (Å²) in [6.07, 6.45) is 8.61. The van der Waals surface area contributed by atoms with E-state index in [1.165, 1.54) is 36.0 Å². The van der Waals surface area contributed by atoms with Crippen molar-refractivity contribution in [2.45, 2.75) is 52.4 Å². The second-order valence-electron chi connectivity index (χ2n) is 6.18. The number of hydrogen-bond donors (Lipinski definition) is 1. The van der Waals surface area contributed by atoms with Gasteiger partial charge in [-0.3, -0.25) is 0 Å². The van der Waals surface area contributed by atoms with Gasteiger partial charge in [0.05, 0.1) is 0 Å². The maximum absolute atomic E-state index is 6.09. The lowest BCUT2D eigenvalue weighted by molar-refractivity contribution is 0.715. The molecule has 0 amide bonds. The summed E-state index contributed by atoms with van der Waals surface area (Å²) in [6.45, 7) is 8.07. The molecule has 122 valence electrons. The Morgan fingerprint density at radius 3 is 2.43 bits per heavy atom. The summed E-state index contributed by atoms with van der Waals surface area (Å²) in [6, 6.07) is 10.9. The Bertz CT molecular complexity index is 642. The van der Waals surface area contributed by atoms with E-state index in [4.69, 9.17) is 5.73 Å². The number of nitrogens with two attached hydrogens (primary N) is 1. The van der Waals surface area contributed by atoms with E-state index in [-0.39, 0.29) is 0 Å². The van der Waals surface area contributed by atoms with Crippen LogP contribution in [0.15, 0.2) is 36.9 Å². The van der Waals surface area contributed by atoms with Gasteiger partial charge in [-0.15, -0.1) is 0 Å². The molecule has 0 saturated carbocycles. The molecule has 2 rings (SSSR count). The van der Waals surface area contributed by atoms with Crippen molar-refractivity contribution in [3.63, 3.8) is 0 Å². The van der Waals surface area contributed by atoms with Gasteiger partial charge in [0, 0.05) is 5.69 Å². The quantitative estimate of drug-likeness (QED) is 0.686. The van der Waals surface area contributed by atoms with Gasteiger partial charge in [0.15, 0.2) is 0 Å². The molecule has 2 aromatic rings. The summed E-state index contributed by atoms with van der Waals surface area (Å²) in [7, 11) is 0. The van der Waals surface area contributed by atoms with E-state index in [2.05, 4.69) is 55.7 Å². The van der Waals surface area contributed by atoms with Crippen molar-refractivity contribution in [2.75, 3.05) is 5.73 Å². The number of pyridine rings is 1. The molecule has 0 aliphatic heterocycles. The van der Waals surface area contributed by atoms with Crippen molar-refractivity contribution >= 4 is 11.9 Å². The van der Waals surface area contributed by atoms with Crippen molar-refractivity contribution in [1.82, 2.24) is 4.98 Å². The highest BCUT2D eigenvalue weighted by atomic mass is 14.8. The summed E-state index contributed by atoms with van der Waals surface area (Å²) >= 11 is 0. The van der Waals surface area contributed by atoms with Crippen molar-refractivity contribution < 1.29 is 0 Å². The van der Waals surface area contributed by atoms with Gasteiger partial charge in [0.1, 0.15) is 5.82 Å². The molecule has 0 fully saturated rings. The Kier molecular flexibility index (Phi) is 6.40. The normalized spacial score (nSPS) is 10.7. The van der Waals surface area contributed by atoms with E-state index in [1.54, 1.807) is 0 Å². The van der Waals surface area contributed by atoms with Gasteiger partial charge in [-0.05, 0) is 54.9 Å². The first kappa shape index (κ1) is 17.3. The zero-order chi connectivity index (χ0) is 16.7. The van der Waals surface area contributed by atoms with E-state index in [9.17, 15) is 0 Å². The van der Waals surface area contributed by atoms with Gasteiger partial charge < -0.3 is 5.73 Å². The molecule has 2 N–H and O–H groups in total. The molecule has 1 heterocycles. The zero-order valence-electron chi connectivity index (χ0n) is 14.4. The Morgan fingerprint density at radius 1 is 1.04 bits per heavy atom. The molecule has 1 aromatic carbocycles. The van der Waals surface area contributed by atoms with Crippen molar-refractivity contribution in [3.05, 3.63) is 64.9 Å². The fourth-order valence-corrected chi connectivity index (χ4v) is 2.83. The molecule has 0 spiro atoms. The van der Waals surface area contributed by atoms with Crippen LogP contribution in [-0.2, 0) is 19.3 Å². The fraction of sp³-hybridized carbons (Fsp3) is 0.381. The Labute approximate surface area is 140 Å². The van der Waals surface area contributed by atoms with E-state index in [1.807, 2.05) is 6.08 Å². The molecule has 0 aliphatic rings. The van der Waals surface area contributed by atoms with Crippen LogP contribution in [0.5, 0.6) is 0 Å². The third-order valence-corrected chi connectivity index (χ3v) is 4.38. The highest BCUT2D eigenvalue weighted by molar-refractivity contribution is 5.47. The van der Waals surface area contributed by atoms with Crippen LogP contribution in [0, 0.1) is 6.92 Å². The van der Waals surface area contributed by atoms with Crippen LogP contribution < -0.4 is 5.73 Å². The maximum atomic E-state index is 6.09. The van der Waals surface area contributed by atoms with Crippen LogP contribution in [-0.4, -0.2) is 4.98 Å². The molecule has 2 heteroatoms. The van der Waals surface area contributed by atoms with Gasteiger partial charge in [-0.1, -0.05) is 62.8 Å². The molecule has 1 aromatic heterocycles. The van der Waals surface area contributed by atoms with E-state index >= 15 is 0 Å². The fourth-order valence-electron chi connectivity index (χ4n) is 2.83. The predicted octanol–water partition coefficient (Wildman–Crippen LogP) is 5.13. The second kappa shape index (κ2) is 8.52. The standard InChI is InChI=1S/C21H28N2/c1-4-6-7-8-20-15-19(16(3)23-21(20)22)14-13-18-11-9-17(5-2)10-12-18/h5,9-12,15H,2,4,6-8,13-14H2,1,3H3,(H2,22,23). The minimum Gasteiger partial charge on any atom is -0.383 e. The van der Waals surface area contributed by atoms with Crippen LogP contribution in [0.2, 0.25) is 0 Å². The van der Waals surface area contributed by atoms with Crippen LogP contribution in [0.4, 0.5) is 5.82 Å². The minimum absolute atomic E-state index is 0.706. The number of aromatic nitrogens is 1. The van der Waals surface area contributed by atoms with Gasteiger partial charge in [-0.25, -0.2) is 4.98 Å². The maximum Gasteiger partial charge on any atom is 0.126 e. The smallest absolute Gasteiger partial charge is 0.126 e. The molecule has 0 saturated heterocycles.